The molecule has 1 heterocycles. The van der Waals surface area contributed by atoms with Crippen LogP contribution < -0.4 is 0 Å². The van der Waals surface area contributed by atoms with Gasteiger partial charge in [0.15, 0.2) is 0 Å². The number of hydrogen-bond acceptors (Lipinski definition) is 1. The van der Waals surface area contributed by atoms with Crippen LogP contribution >= 0.6 is 0 Å². The van der Waals surface area contributed by atoms with Crippen LogP contribution in [0.5, 0.6) is 0 Å². The summed E-state index contributed by atoms with van der Waals surface area (Å²) in [5.41, 5.74) is 2.71. The minimum atomic E-state index is 0.695. The Balaban J connectivity index is 1.80. The maximum Gasteiger partial charge on any atom is 0.0456 e. The number of rotatable bonds is 9. The van der Waals surface area contributed by atoms with Gasteiger partial charge in [0.05, 0.1) is 0 Å². The largest absolute Gasteiger partial charge is 0.361 e. The van der Waals surface area contributed by atoms with Gasteiger partial charge in [0, 0.05) is 23.6 Å². The molecule has 0 unspecified atom stereocenters. The zero-order valence-electron chi connectivity index (χ0n) is 13.9. The van der Waals surface area contributed by atoms with Gasteiger partial charge < -0.3 is 9.88 Å². The fourth-order valence-corrected chi connectivity index (χ4v) is 3.17. The number of aromatic amines is 1. The highest BCUT2D eigenvalue weighted by atomic mass is 15.1. The Morgan fingerprint density at radius 1 is 1.14 bits per heavy atom. The molecule has 2 rings (SSSR count). The van der Waals surface area contributed by atoms with Crippen molar-refractivity contribution in [3.05, 3.63) is 36.0 Å². The van der Waals surface area contributed by atoms with Crippen molar-refractivity contribution in [3.8, 4) is 0 Å². The Morgan fingerprint density at radius 2 is 1.95 bits per heavy atom. The number of nitrogens with one attached hydrogen (secondary N) is 1. The van der Waals surface area contributed by atoms with E-state index >= 15 is 0 Å². The molecule has 1 atom stereocenters. The van der Waals surface area contributed by atoms with Gasteiger partial charge in [0.1, 0.15) is 0 Å². The van der Waals surface area contributed by atoms with Crippen LogP contribution in [0.1, 0.15) is 45.1 Å². The van der Waals surface area contributed by atoms with Crippen LogP contribution in [0.25, 0.3) is 10.9 Å². The number of para-hydroxylation sites is 1. The summed E-state index contributed by atoms with van der Waals surface area (Å²) in [5, 5.41) is 1.38. The normalized spacial score (nSPS) is 13.1. The Kier molecular flexibility index (Phi) is 6.31. The molecule has 116 valence electrons. The molecular weight excluding hydrogens is 256 g/mol. The molecular formula is C19H30N2. The predicted molar refractivity (Wildman–Crippen MR) is 92.8 cm³/mol. The van der Waals surface area contributed by atoms with E-state index in [1.807, 2.05) is 0 Å². The lowest BCUT2D eigenvalue weighted by Gasteiger charge is -2.21. The predicted octanol–water partition coefficient (Wildman–Crippen LogP) is 4.86. The molecule has 0 aliphatic rings. The second-order valence-corrected chi connectivity index (χ2v) is 6.49. The van der Waals surface area contributed by atoms with E-state index in [1.54, 1.807) is 0 Å². The Bertz CT molecular complexity index is 529. The molecule has 0 bridgehead atoms. The average molecular weight is 286 g/mol. The highest BCUT2D eigenvalue weighted by Crippen LogP contribution is 2.21. The van der Waals surface area contributed by atoms with Gasteiger partial charge in [0.25, 0.3) is 0 Å². The van der Waals surface area contributed by atoms with E-state index in [1.165, 1.54) is 55.2 Å². The number of unbranched alkanes of at least 4 members (excludes halogenated alkanes) is 3. The first kappa shape index (κ1) is 16.1. The average Bonchev–Trinajstić information content (AvgIpc) is 2.87. The maximum atomic E-state index is 3.38. The fourth-order valence-electron chi connectivity index (χ4n) is 3.17. The molecule has 1 N–H and O–H groups in total. The topological polar surface area (TPSA) is 19.0 Å². The third-order valence-corrected chi connectivity index (χ3v) is 4.26. The monoisotopic (exact) mass is 286 g/mol. The van der Waals surface area contributed by atoms with Crippen molar-refractivity contribution < 1.29 is 0 Å². The molecule has 0 saturated heterocycles. The standard InChI is InChI=1S/C19H30N2/c1-4-5-6-9-12-21(3)15-16(2)13-17-14-20-19-11-8-7-10-18(17)19/h7-8,10-11,14,16,20H,4-6,9,12-13,15H2,1-3H3/t16-/m0/s1. The van der Waals surface area contributed by atoms with Crippen molar-refractivity contribution >= 4 is 10.9 Å². The van der Waals surface area contributed by atoms with Gasteiger partial charge in [-0.3, -0.25) is 0 Å². The van der Waals surface area contributed by atoms with E-state index < -0.39 is 0 Å². The lowest BCUT2D eigenvalue weighted by atomic mass is 10.00. The lowest BCUT2D eigenvalue weighted by molar-refractivity contribution is 0.279. The summed E-state index contributed by atoms with van der Waals surface area (Å²) in [6, 6.07) is 8.60. The fraction of sp³-hybridized carbons (Fsp3) is 0.579. The molecule has 0 aliphatic heterocycles. The molecule has 2 aromatic rings. The number of hydrogen-bond donors (Lipinski definition) is 1. The Hall–Kier alpha value is -1.28. The van der Waals surface area contributed by atoms with Crippen molar-refractivity contribution in [2.75, 3.05) is 20.1 Å². The van der Waals surface area contributed by atoms with E-state index in [0.717, 1.165) is 6.42 Å². The molecule has 0 fully saturated rings. The molecule has 0 aliphatic carbocycles. The van der Waals surface area contributed by atoms with Crippen molar-refractivity contribution in [1.29, 1.82) is 0 Å². The van der Waals surface area contributed by atoms with Gasteiger partial charge in [0.2, 0.25) is 0 Å². The second kappa shape index (κ2) is 8.23. The number of benzene rings is 1. The smallest absolute Gasteiger partial charge is 0.0456 e. The number of nitrogens with zero attached hydrogens (tertiary/aromatic N) is 1. The van der Waals surface area contributed by atoms with Gasteiger partial charge in [-0.25, -0.2) is 0 Å². The maximum absolute atomic E-state index is 3.38. The first-order chi connectivity index (χ1) is 10.2. The molecule has 0 spiro atoms. The number of H-pyrrole nitrogens is 1. The first-order valence-corrected chi connectivity index (χ1v) is 8.44. The summed E-state index contributed by atoms with van der Waals surface area (Å²) in [4.78, 5) is 5.88. The van der Waals surface area contributed by atoms with Crippen molar-refractivity contribution in [3.63, 3.8) is 0 Å². The number of fused-ring (bicyclic) bond motifs is 1. The van der Waals surface area contributed by atoms with Crippen molar-refractivity contribution in [2.45, 2.75) is 46.0 Å². The molecule has 0 radical (unpaired) electrons. The summed E-state index contributed by atoms with van der Waals surface area (Å²) in [7, 11) is 2.26. The zero-order valence-corrected chi connectivity index (χ0v) is 13.9. The van der Waals surface area contributed by atoms with Crippen LogP contribution in [0.4, 0.5) is 0 Å². The molecule has 21 heavy (non-hydrogen) atoms. The van der Waals surface area contributed by atoms with Crippen LogP contribution in [0.3, 0.4) is 0 Å². The third kappa shape index (κ3) is 4.89. The van der Waals surface area contributed by atoms with E-state index in [9.17, 15) is 0 Å². The summed E-state index contributed by atoms with van der Waals surface area (Å²) in [6.07, 6.45) is 8.74. The third-order valence-electron chi connectivity index (χ3n) is 4.26. The van der Waals surface area contributed by atoms with Gasteiger partial charge in [-0.1, -0.05) is 51.3 Å². The summed E-state index contributed by atoms with van der Waals surface area (Å²) >= 11 is 0. The molecule has 0 saturated carbocycles. The zero-order chi connectivity index (χ0) is 15.1. The highest BCUT2D eigenvalue weighted by Gasteiger charge is 2.10. The van der Waals surface area contributed by atoms with Gasteiger partial charge in [-0.05, 0) is 44.0 Å². The molecule has 2 nitrogen and oxygen atoms in total. The summed E-state index contributed by atoms with van der Waals surface area (Å²) < 4.78 is 0. The molecule has 1 aromatic heterocycles. The lowest BCUT2D eigenvalue weighted by Crippen LogP contribution is -2.26. The van der Waals surface area contributed by atoms with Crippen LogP contribution in [0, 0.1) is 5.92 Å². The van der Waals surface area contributed by atoms with Crippen LogP contribution in [-0.2, 0) is 6.42 Å². The van der Waals surface area contributed by atoms with Crippen molar-refractivity contribution in [2.24, 2.45) is 5.92 Å². The summed E-state index contributed by atoms with van der Waals surface area (Å²) in [6.45, 7) is 7.06. The van der Waals surface area contributed by atoms with E-state index in [-0.39, 0.29) is 0 Å². The minimum absolute atomic E-state index is 0.695. The van der Waals surface area contributed by atoms with Crippen molar-refractivity contribution in [1.82, 2.24) is 9.88 Å². The quantitative estimate of drug-likeness (QED) is 0.652. The SMILES string of the molecule is CCCCCCN(C)C[C@@H](C)Cc1c[nH]c2ccccc12. The van der Waals surface area contributed by atoms with Gasteiger partial charge in [-0.15, -0.1) is 0 Å². The second-order valence-electron chi connectivity index (χ2n) is 6.49. The Labute approximate surface area is 129 Å². The summed E-state index contributed by atoms with van der Waals surface area (Å²) in [5.74, 6) is 0.695. The Morgan fingerprint density at radius 3 is 2.76 bits per heavy atom. The molecule has 0 amide bonds. The minimum Gasteiger partial charge on any atom is -0.361 e. The van der Waals surface area contributed by atoms with Crippen LogP contribution in [-0.4, -0.2) is 30.0 Å². The molecule has 1 aromatic carbocycles. The van der Waals surface area contributed by atoms with Gasteiger partial charge in [-0.2, -0.15) is 0 Å². The first-order valence-electron chi connectivity index (χ1n) is 8.44. The van der Waals surface area contributed by atoms with E-state index in [2.05, 4.69) is 61.2 Å². The number of aromatic nitrogens is 1. The van der Waals surface area contributed by atoms with Gasteiger partial charge >= 0.3 is 0 Å². The molecule has 2 heteroatoms. The van der Waals surface area contributed by atoms with E-state index in [0.29, 0.717) is 5.92 Å². The van der Waals surface area contributed by atoms with E-state index in [4.69, 9.17) is 0 Å². The van der Waals surface area contributed by atoms with Crippen LogP contribution in [0.15, 0.2) is 30.5 Å². The highest BCUT2D eigenvalue weighted by molar-refractivity contribution is 5.83. The van der Waals surface area contributed by atoms with Crippen LogP contribution in [0.2, 0.25) is 0 Å².